The molecule has 3 aromatic rings. The van der Waals surface area contributed by atoms with Crippen LogP contribution in [0.15, 0.2) is 35.8 Å². The molecule has 1 saturated carbocycles. The molecule has 0 saturated heterocycles. The molecule has 1 aliphatic carbocycles. The predicted octanol–water partition coefficient (Wildman–Crippen LogP) is 5.86. The van der Waals surface area contributed by atoms with E-state index in [1.54, 1.807) is 18.3 Å². The van der Waals surface area contributed by atoms with Crippen LogP contribution in [0.2, 0.25) is 5.02 Å². The van der Waals surface area contributed by atoms with Gasteiger partial charge in [0.25, 0.3) is 0 Å². The average Bonchev–Trinajstić information content (AvgIpc) is 3.30. The summed E-state index contributed by atoms with van der Waals surface area (Å²) in [5.74, 6) is 0.00610. The van der Waals surface area contributed by atoms with Gasteiger partial charge in [-0.2, -0.15) is 13.2 Å². The first-order chi connectivity index (χ1) is 15.7. The van der Waals surface area contributed by atoms with Gasteiger partial charge in [0.2, 0.25) is 5.91 Å². The highest BCUT2D eigenvalue weighted by Gasteiger charge is 2.34. The quantitative estimate of drug-likeness (QED) is 0.464. The van der Waals surface area contributed by atoms with Gasteiger partial charge in [0, 0.05) is 59.6 Å². The second-order valence-electron chi connectivity index (χ2n) is 8.30. The zero-order valence-electron chi connectivity index (χ0n) is 18.0. The van der Waals surface area contributed by atoms with Crippen molar-refractivity contribution in [2.45, 2.75) is 56.8 Å². The van der Waals surface area contributed by atoms with Crippen LogP contribution in [0.4, 0.5) is 18.9 Å². The van der Waals surface area contributed by atoms with Crippen molar-refractivity contribution < 1.29 is 18.0 Å². The number of hydrogen-bond donors (Lipinski definition) is 1. The predicted molar refractivity (Wildman–Crippen MR) is 125 cm³/mol. The van der Waals surface area contributed by atoms with Crippen LogP contribution in [0, 0.1) is 0 Å². The number of rotatable bonds is 6. The van der Waals surface area contributed by atoms with E-state index in [0.29, 0.717) is 28.9 Å². The number of alkyl halides is 3. The Morgan fingerprint density at radius 2 is 2.00 bits per heavy atom. The number of aryl methyl sites for hydroxylation is 1. The molecular formula is C23H24ClF3N4OS. The van der Waals surface area contributed by atoms with E-state index in [4.69, 9.17) is 11.6 Å². The Hall–Kier alpha value is -2.39. The summed E-state index contributed by atoms with van der Waals surface area (Å²) in [7, 11) is 1.81. The fraction of sp³-hybridized carbons (Fsp3) is 0.435. The van der Waals surface area contributed by atoms with E-state index in [1.165, 1.54) is 17.4 Å². The second kappa shape index (κ2) is 9.85. The number of benzene rings is 1. The summed E-state index contributed by atoms with van der Waals surface area (Å²) < 4.78 is 40.4. The van der Waals surface area contributed by atoms with Crippen LogP contribution >= 0.6 is 22.9 Å². The van der Waals surface area contributed by atoms with Crippen molar-refractivity contribution in [3.05, 3.63) is 51.6 Å². The van der Waals surface area contributed by atoms with E-state index in [0.717, 1.165) is 36.8 Å². The maximum absolute atomic E-state index is 13.5. The van der Waals surface area contributed by atoms with Crippen LogP contribution in [0.1, 0.15) is 42.8 Å². The summed E-state index contributed by atoms with van der Waals surface area (Å²) in [6.45, 7) is 0. The number of halogens is 4. The Labute approximate surface area is 199 Å². The van der Waals surface area contributed by atoms with Gasteiger partial charge in [0.15, 0.2) is 0 Å². The molecule has 1 aromatic carbocycles. The van der Waals surface area contributed by atoms with Gasteiger partial charge in [-0.15, -0.1) is 11.3 Å². The lowest BCUT2D eigenvalue weighted by atomic mass is 9.89. The summed E-state index contributed by atoms with van der Waals surface area (Å²) in [4.78, 5) is 22.2. The van der Waals surface area contributed by atoms with E-state index < -0.39 is 11.9 Å². The Morgan fingerprint density at radius 3 is 2.67 bits per heavy atom. The van der Waals surface area contributed by atoms with Crippen molar-refractivity contribution in [1.82, 2.24) is 15.3 Å². The largest absolute Gasteiger partial charge is 0.433 e. The van der Waals surface area contributed by atoms with Gasteiger partial charge in [0.05, 0.1) is 10.5 Å². The fourth-order valence-electron chi connectivity index (χ4n) is 4.32. The molecule has 1 N–H and O–H groups in total. The zero-order chi connectivity index (χ0) is 23.6. The number of pyridine rings is 1. The number of anilines is 1. The van der Waals surface area contributed by atoms with E-state index in [9.17, 15) is 18.0 Å². The molecule has 1 amide bonds. The molecule has 0 unspecified atom stereocenters. The fourth-order valence-corrected chi connectivity index (χ4v) is 5.11. The SMILES string of the molecule is CN(c1cc(C(F)(F)F)nc2ccc(Cl)cc12)[C@H]1CC[C@@H](NC(=O)CCc2nccs2)CC1. The van der Waals surface area contributed by atoms with Gasteiger partial charge >= 0.3 is 6.18 Å². The van der Waals surface area contributed by atoms with Gasteiger partial charge in [-0.05, 0) is 49.9 Å². The third-order valence-electron chi connectivity index (χ3n) is 6.08. The minimum Gasteiger partial charge on any atom is -0.371 e. The van der Waals surface area contributed by atoms with Crippen LogP contribution in [0.25, 0.3) is 10.9 Å². The molecular weight excluding hydrogens is 473 g/mol. The third kappa shape index (κ3) is 5.76. The van der Waals surface area contributed by atoms with Crippen molar-refractivity contribution in [3.8, 4) is 0 Å². The number of amides is 1. The summed E-state index contributed by atoms with van der Waals surface area (Å²) >= 11 is 7.66. The average molecular weight is 497 g/mol. The summed E-state index contributed by atoms with van der Waals surface area (Å²) in [5.41, 5.74) is -0.191. The number of thiazole rings is 1. The summed E-state index contributed by atoms with van der Waals surface area (Å²) in [6, 6.07) is 5.95. The maximum atomic E-state index is 13.5. The summed E-state index contributed by atoms with van der Waals surface area (Å²) in [5, 5.41) is 6.96. The molecule has 33 heavy (non-hydrogen) atoms. The number of nitrogens with one attached hydrogen (secondary N) is 1. The van der Waals surface area contributed by atoms with Crippen LogP contribution in [-0.4, -0.2) is 35.0 Å². The number of hydrogen-bond acceptors (Lipinski definition) is 5. The number of nitrogens with zero attached hydrogens (tertiary/aromatic N) is 3. The highest BCUT2D eigenvalue weighted by atomic mass is 35.5. The van der Waals surface area contributed by atoms with Crippen LogP contribution in [0.5, 0.6) is 0 Å². The van der Waals surface area contributed by atoms with Gasteiger partial charge in [-0.25, -0.2) is 9.97 Å². The Kier molecular flexibility index (Phi) is 7.09. The lowest BCUT2D eigenvalue weighted by Gasteiger charge is -2.37. The number of carbonyl (C=O) groups excluding carboxylic acids is 1. The van der Waals surface area contributed by atoms with Gasteiger partial charge in [0.1, 0.15) is 5.69 Å². The van der Waals surface area contributed by atoms with Gasteiger partial charge in [-0.3, -0.25) is 4.79 Å². The highest BCUT2D eigenvalue weighted by Crippen LogP contribution is 2.37. The topological polar surface area (TPSA) is 58.1 Å². The Morgan fingerprint density at radius 1 is 1.24 bits per heavy atom. The molecule has 0 atom stereocenters. The Bertz CT molecular complexity index is 1110. The molecule has 2 aromatic heterocycles. The van der Waals surface area contributed by atoms with E-state index in [2.05, 4.69) is 15.3 Å². The lowest BCUT2D eigenvalue weighted by molar-refractivity contribution is -0.140. The van der Waals surface area contributed by atoms with Crippen LogP contribution < -0.4 is 10.2 Å². The standard InChI is InChI=1S/C23H24ClF3N4OS/c1-31(19-13-20(23(25,26)27)30-18-7-2-14(24)12-17(18)19)16-5-3-15(4-6-16)29-21(32)8-9-22-28-10-11-33-22/h2,7,10-13,15-16H,3-6,8-9H2,1H3,(H,29,32)/t15-,16+. The van der Waals surface area contributed by atoms with E-state index >= 15 is 0 Å². The van der Waals surface area contributed by atoms with Gasteiger partial charge in [-0.1, -0.05) is 11.6 Å². The molecule has 0 bridgehead atoms. The minimum absolute atomic E-state index is 0.00610. The van der Waals surface area contributed by atoms with Crippen molar-refractivity contribution in [2.75, 3.05) is 11.9 Å². The van der Waals surface area contributed by atoms with Gasteiger partial charge < -0.3 is 10.2 Å². The maximum Gasteiger partial charge on any atom is 0.433 e. The normalized spacial score (nSPS) is 18.9. The molecule has 5 nitrogen and oxygen atoms in total. The number of carbonyl (C=O) groups is 1. The zero-order valence-corrected chi connectivity index (χ0v) is 19.6. The molecule has 10 heteroatoms. The number of aromatic nitrogens is 2. The monoisotopic (exact) mass is 496 g/mol. The molecule has 4 rings (SSSR count). The van der Waals surface area contributed by atoms with E-state index in [-0.39, 0.29) is 23.5 Å². The lowest BCUT2D eigenvalue weighted by Crippen LogP contribution is -2.43. The second-order valence-corrected chi connectivity index (χ2v) is 9.71. The smallest absolute Gasteiger partial charge is 0.371 e. The molecule has 1 aliphatic rings. The first kappa shape index (κ1) is 23.8. The van der Waals surface area contributed by atoms with Crippen LogP contribution in [0.3, 0.4) is 0 Å². The van der Waals surface area contributed by atoms with E-state index in [1.807, 2.05) is 17.3 Å². The van der Waals surface area contributed by atoms with Crippen molar-refractivity contribution >= 4 is 45.4 Å². The van der Waals surface area contributed by atoms with Crippen molar-refractivity contribution in [3.63, 3.8) is 0 Å². The van der Waals surface area contributed by atoms with Crippen molar-refractivity contribution in [2.24, 2.45) is 0 Å². The molecule has 2 heterocycles. The summed E-state index contributed by atoms with van der Waals surface area (Å²) in [6.07, 6.45) is 1.29. The first-order valence-corrected chi connectivity index (χ1v) is 12.0. The Balaban J connectivity index is 1.42. The molecule has 176 valence electrons. The molecule has 0 spiro atoms. The van der Waals surface area contributed by atoms with Crippen molar-refractivity contribution in [1.29, 1.82) is 0 Å². The number of fused-ring (bicyclic) bond motifs is 1. The first-order valence-electron chi connectivity index (χ1n) is 10.8. The third-order valence-corrected chi connectivity index (χ3v) is 7.15. The van der Waals surface area contributed by atoms with Crippen LogP contribution in [-0.2, 0) is 17.4 Å². The highest BCUT2D eigenvalue weighted by molar-refractivity contribution is 7.09. The molecule has 1 fully saturated rings. The minimum atomic E-state index is -4.54. The molecule has 0 aliphatic heterocycles. The molecule has 0 radical (unpaired) electrons.